The quantitative estimate of drug-likeness (QED) is 0.0691. The van der Waals surface area contributed by atoms with Gasteiger partial charge in [-0.25, -0.2) is 23.3 Å². The molecule has 3 aliphatic rings. The molecule has 0 aromatic heterocycles. The molecule has 1 spiro atoms. The fraction of sp³-hybridized carbons (Fsp3) is 0.333. The predicted molar refractivity (Wildman–Crippen MR) is 178 cm³/mol. The maximum Gasteiger partial charge on any atom is 0.472 e. The van der Waals surface area contributed by atoms with Crippen molar-refractivity contribution >= 4 is 35.5 Å². The monoisotopic (exact) mass is 835 g/mol. The molecule has 2 heterocycles. The molecular formula is C30H32NO21P3. The lowest BCUT2D eigenvalue weighted by atomic mass is 9.77. The number of hydrogen-bond donors (Lipinski definition) is 10. The molecule has 1 saturated carbocycles. The average Bonchev–Trinajstić information content (AvgIpc) is 3.38. The number of aliphatic hydroxyl groups is 3. The van der Waals surface area contributed by atoms with Crippen LogP contribution in [0.25, 0.3) is 0 Å². The van der Waals surface area contributed by atoms with Crippen LogP contribution in [0.15, 0.2) is 60.7 Å². The highest BCUT2D eigenvalue weighted by Gasteiger charge is 2.57. The van der Waals surface area contributed by atoms with Crippen molar-refractivity contribution in [1.29, 1.82) is 0 Å². The second-order valence-corrected chi connectivity index (χ2v) is 16.0. The SMILES string of the molecule is O=C(NCCCOP(=O)(O)O[C@@H]1[C@H](O)[C@H](O)[C@@H](OP(=O)(O)O)[C@H](OP(=O)(O)O)[C@H]1O)Oc1ccc2c(c1)Oc1cc(O)ccc1C21OC(=O)c2ccccc21. The van der Waals surface area contributed by atoms with Gasteiger partial charge in [0.05, 0.1) is 12.2 Å². The highest BCUT2D eigenvalue weighted by Crippen LogP contribution is 2.57. The van der Waals surface area contributed by atoms with Crippen LogP contribution in [-0.4, -0.2) is 107 Å². The van der Waals surface area contributed by atoms with Gasteiger partial charge in [-0.1, -0.05) is 18.2 Å². The number of benzene rings is 3. The molecule has 6 rings (SSSR count). The number of fused-ring (bicyclic) bond motifs is 6. The van der Waals surface area contributed by atoms with Gasteiger partial charge >= 0.3 is 35.5 Å². The number of carbonyl (C=O) groups excluding carboxylic acids is 2. The van der Waals surface area contributed by atoms with Gasteiger partial charge in [-0.3, -0.25) is 18.1 Å². The number of phenolic OH excluding ortho intramolecular Hbond substituents is 1. The predicted octanol–water partition coefficient (Wildman–Crippen LogP) is 0.993. The Hall–Kier alpha value is -3.79. The van der Waals surface area contributed by atoms with Crippen molar-refractivity contribution in [3.05, 3.63) is 82.9 Å². The largest absolute Gasteiger partial charge is 0.508 e. The fourth-order valence-corrected chi connectivity index (χ4v) is 8.43. The number of esters is 1. The number of nitrogens with one attached hydrogen (secondary N) is 1. The number of phosphoric acid groups is 3. The molecule has 3 aromatic rings. The van der Waals surface area contributed by atoms with Crippen LogP contribution < -0.4 is 14.8 Å². The summed E-state index contributed by atoms with van der Waals surface area (Å²) in [4.78, 5) is 72.3. The van der Waals surface area contributed by atoms with Gasteiger partial charge in [-0.15, -0.1) is 0 Å². The van der Waals surface area contributed by atoms with Crippen LogP contribution >= 0.6 is 23.5 Å². The number of amides is 1. The highest BCUT2D eigenvalue weighted by molar-refractivity contribution is 7.47. The Labute approximate surface area is 308 Å². The first kappa shape index (κ1) is 40.9. The summed E-state index contributed by atoms with van der Waals surface area (Å²) in [6.45, 7) is -0.848. The lowest BCUT2D eigenvalue weighted by molar-refractivity contribution is -0.212. The Bertz CT molecular complexity index is 2120. The summed E-state index contributed by atoms with van der Waals surface area (Å²) in [7, 11) is -16.4. The number of phenols is 1. The Morgan fingerprint density at radius 2 is 1.36 bits per heavy atom. The summed E-state index contributed by atoms with van der Waals surface area (Å²) in [5, 5.41) is 43.7. The maximum atomic E-state index is 13.0. The maximum absolute atomic E-state index is 13.0. The minimum atomic E-state index is -5.57. The van der Waals surface area contributed by atoms with Crippen LogP contribution in [-0.2, 0) is 42.1 Å². The van der Waals surface area contributed by atoms with E-state index in [-0.39, 0.29) is 36.0 Å². The number of ether oxygens (including phenoxy) is 3. The lowest BCUT2D eigenvalue weighted by Crippen LogP contribution is -2.65. The van der Waals surface area contributed by atoms with E-state index in [9.17, 15) is 58.4 Å². The van der Waals surface area contributed by atoms with E-state index in [0.29, 0.717) is 22.3 Å². The Kier molecular flexibility index (Phi) is 11.4. The van der Waals surface area contributed by atoms with Gasteiger partial charge in [0.2, 0.25) is 0 Å². The highest BCUT2D eigenvalue weighted by atomic mass is 31.2. The van der Waals surface area contributed by atoms with Crippen molar-refractivity contribution in [2.24, 2.45) is 0 Å². The standard InChI is InChI=1S/C30H32NO21P3/c32-14-6-8-18-20(12-14)48-21-13-15(7-9-19(21)30(18)17-5-2-1-4-16(17)28(36)49-30)47-29(37)31-10-3-11-46-55(44,45)52-25-22(33)23(34)26(50-53(38,39)40)27(24(25)35)51-54(41,42)43/h1-2,4-9,12-13,22-27,32-35H,3,10-11H2,(H,31,37)(H,44,45)(H2,38,39,40)(H2,41,42,43)/t22-,23+,24+,25-,26-,27-,30?/m1/s1. The summed E-state index contributed by atoms with van der Waals surface area (Å²) >= 11 is 0. The number of hydrogen-bond acceptors (Lipinski definition) is 16. The molecule has 2 aliphatic heterocycles. The first-order valence-corrected chi connectivity index (χ1v) is 20.4. The number of carbonyl (C=O) groups is 2. The van der Waals surface area contributed by atoms with Gasteiger partial charge in [0.15, 0.2) is 5.60 Å². The first-order valence-electron chi connectivity index (χ1n) is 15.8. The van der Waals surface area contributed by atoms with E-state index in [2.05, 4.69) is 14.4 Å². The van der Waals surface area contributed by atoms with Crippen molar-refractivity contribution < 1.29 is 100 Å². The number of aliphatic hydroxyl groups excluding tert-OH is 3. The molecule has 1 amide bonds. The number of rotatable bonds is 12. The van der Waals surface area contributed by atoms with Crippen LogP contribution in [0.2, 0.25) is 0 Å². The van der Waals surface area contributed by atoms with E-state index in [1.54, 1.807) is 36.4 Å². The van der Waals surface area contributed by atoms with E-state index in [1.807, 2.05) is 0 Å². The molecule has 0 saturated heterocycles. The van der Waals surface area contributed by atoms with Crippen molar-refractivity contribution in [2.45, 2.75) is 48.6 Å². The van der Waals surface area contributed by atoms with Crippen LogP contribution in [0.5, 0.6) is 23.0 Å². The average molecular weight is 835 g/mol. The van der Waals surface area contributed by atoms with E-state index in [0.717, 1.165) is 0 Å². The molecule has 298 valence electrons. The van der Waals surface area contributed by atoms with E-state index >= 15 is 0 Å². The molecule has 0 radical (unpaired) electrons. The van der Waals surface area contributed by atoms with Crippen LogP contribution in [0.1, 0.15) is 33.5 Å². The van der Waals surface area contributed by atoms with Crippen molar-refractivity contribution in [3.63, 3.8) is 0 Å². The molecular weight excluding hydrogens is 803 g/mol. The fourth-order valence-electron chi connectivity index (χ4n) is 6.33. The lowest BCUT2D eigenvalue weighted by Gasteiger charge is -2.44. The van der Waals surface area contributed by atoms with E-state index < -0.39 is 84.4 Å². The molecule has 1 fully saturated rings. The third-order valence-electron chi connectivity index (χ3n) is 8.52. The zero-order valence-electron chi connectivity index (χ0n) is 27.6. The van der Waals surface area contributed by atoms with Crippen LogP contribution in [0, 0.1) is 0 Å². The zero-order chi connectivity index (χ0) is 40.1. The normalized spacial score (nSPS) is 26.9. The minimum Gasteiger partial charge on any atom is -0.508 e. The molecule has 3 aromatic carbocycles. The summed E-state index contributed by atoms with van der Waals surface area (Å²) < 4.78 is 70.7. The topological polar surface area (TPSA) is 344 Å². The minimum absolute atomic E-state index is 0.0154. The molecule has 22 nitrogen and oxygen atoms in total. The Morgan fingerprint density at radius 3 is 2.04 bits per heavy atom. The van der Waals surface area contributed by atoms with Crippen LogP contribution in [0.3, 0.4) is 0 Å². The molecule has 25 heteroatoms. The second-order valence-electron chi connectivity index (χ2n) is 12.2. The van der Waals surface area contributed by atoms with Gasteiger partial charge < -0.3 is 64.4 Å². The Morgan fingerprint density at radius 1 is 0.764 bits per heavy atom. The third-order valence-corrected chi connectivity index (χ3v) is 10.6. The van der Waals surface area contributed by atoms with Crippen molar-refractivity contribution in [2.75, 3.05) is 13.2 Å². The molecule has 8 atom stereocenters. The summed E-state index contributed by atoms with van der Waals surface area (Å²) in [6, 6.07) is 15.4. The molecule has 0 bridgehead atoms. The zero-order valence-corrected chi connectivity index (χ0v) is 30.3. The summed E-state index contributed by atoms with van der Waals surface area (Å²) in [5.74, 6) is -0.393. The van der Waals surface area contributed by atoms with Crippen LogP contribution in [0.4, 0.5) is 4.79 Å². The van der Waals surface area contributed by atoms with Crippen molar-refractivity contribution in [3.8, 4) is 23.0 Å². The number of phosphoric ester groups is 3. The smallest absolute Gasteiger partial charge is 0.472 e. The Balaban J connectivity index is 1.05. The third kappa shape index (κ3) is 8.64. The van der Waals surface area contributed by atoms with E-state index in [1.165, 1.54) is 24.3 Å². The van der Waals surface area contributed by atoms with Gasteiger partial charge in [0.1, 0.15) is 59.6 Å². The van der Waals surface area contributed by atoms with Crippen molar-refractivity contribution in [1.82, 2.24) is 5.32 Å². The van der Waals surface area contributed by atoms with Gasteiger partial charge in [-0.2, -0.15) is 0 Å². The molecule has 10 N–H and O–H groups in total. The second kappa shape index (κ2) is 15.3. The summed E-state index contributed by atoms with van der Waals surface area (Å²) in [6.07, 6.45) is -16.0. The first-order chi connectivity index (χ1) is 25.7. The van der Waals surface area contributed by atoms with Gasteiger partial charge in [0, 0.05) is 35.4 Å². The number of aromatic hydroxyl groups is 1. The summed E-state index contributed by atoms with van der Waals surface area (Å²) in [5.41, 5.74) is 0.286. The van der Waals surface area contributed by atoms with Gasteiger partial charge in [0.25, 0.3) is 0 Å². The molecule has 2 unspecified atom stereocenters. The van der Waals surface area contributed by atoms with Gasteiger partial charge in [-0.05, 0) is 36.8 Å². The van der Waals surface area contributed by atoms with E-state index in [4.69, 9.17) is 33.0 Å². The molecule has 1 aliphatic carbocycles. The molecule has 55 heavy (non-hydrogen) atoms.